The lowest BCUT2D eigenvalue weighted by Crippen LogP contribution is -2.21. The fourth-order valence-electron chi connectivity index (χ4n) is 1.44. The van der Waals surface area contributed by atoms with Crippen LogP contribution in [-0.2, 0) is 6.18 Å². The second-order valence-electron chi connectivity index (χ2n) is 3.76. The van der Waals surface area contributed by atoms with Gasteiger partial charge >= 0.3 is 6.18 Å². The number of benzene rings is 1. The van der Waals surface area contributed by atoms with Gasteiger partial charge < -0.3 is 10.2 Å². The van der Waals surface area contributed by atoms with Crippen molar-refractivity contribution < 1.29 is 23.4 Å². The summed E-state index contributed by atoms with van der Waals surface area (Å²) in [6.07, 6.45) is -7.02. The van der Waals surface area contributed by atoms with Crippen LogP contribution in [0.15, 0.2) is 18.2 Å². The van der Waals surface area contributed by atoms with Gasteiger partial charge in [0.1, 0.15) is 6.10 Å². The average Bonchev–Trinajstić information content (AvgIpc) is 2.26. The molecule has 17 heavy (non-hydrogen) atoms. The highest BCUT2D eigenvalue weighted by Gasteiger charge is 2.32. The minimum atomic E-state index is -4.46. The lowest BCUT2D eigenvalue weighted by atomic mass is 9.97. The van der Waals surface area contributed by atoms with Crippen molar-refractivity contribution in [3.8, 4) is 0 Å². The highest BCUT2D eigenvalue weighted by molar-refractivity contribution is 7.80. The summed E-state index contributed by atoms with van der Waals surface area (Å²) in [5.74, 6) is -0.0309. The molecule has 0 heterocycles. The van der Waals surface area contributed by atoms with Crippen molar-refractivity contribution in [2.45, 2.75) is 25.3 Å². The minimum Gasteiger partial charge on any atom is -0.389 e. The lowest BCUT2D eigenvalue weighted by Gasteiger charge is -2.19. The molecule has 0 amide bonds. The quantitative estimate of drug-likeness (QED) is 0.735. The number of thiol groups is 1. The van der Waals surface area contributed by atoms with Crippen LogP contribution in [0.5, 0.6) is 0 Å². The number of aryl methyl sites for hydroxylation is 1. The Kier molecular flexibility index (Phi) is 4.46. The summed E-state index contributed by atoms with van der Waals surface area (Å²) in [6, 6.07) is 3.07. The third kappa shape index (κ3) is 3.37. The zero-order chi connectivity index (χ0) is 13.2. The van der Waals surface area contributed by atoms with E-state index in [9.17, 15) is 23.4 Å². The first-order chi connectivity index (χ1) is 7.77. The first kappa shape index (κ1) is 14.3. The maximum Gasteiger partial charge on any atom is 0.416 e. The van der Waals surface area contributed by atoms with E-state index in [1.54, 1.807) is 6.92 Å². The number of aliphatic hydroxyl groups excluding tert-OH is 2. The maximum absolute atomic E-state index is 12.5. The van der Waals surface area contributed by atoms with E-state index in [0.29, 0.717) is 5.56 Å². The third-order valence-corrected chi connectivity index (χ3v) is 2.85. The summed E-state index contributed by atoms with van der Waals surface area (Å²) < 4.78 is 37.5. The van der Waals surface area contributed by atoms with Crippen molar-refractivity contribution in [3.63, 3.8) is 0 Å². The van der Waals surface area contributed by atoms with Crippen molar-refractivity contribution >= 4 is 12.6 Å². The molecule has 0 aliphatic heterocycles. The number of hydrogen-bond acceptors (Lipinski definition) is 3. The zero-order valence-corrected chi connectivity index (χ0v) is 9.96. The van der Waals surface area contributed by atoms with Crippen LogP contribution in [0, 0.1) is 6.92 Å². The van der Waals surface area contributed by atoms with E-state index >= 15 is 0 Å². The van der Waals surface area contributed by atoms with Crippen LogP contribution in [-0.4, -0.2) is 22.1 Å². The summed E-state index contributed by atoms with van der Waals surface area (Å²) in [4.78, 5) is 0. The van der Waals surface area contributed by atoms with Gasteiger partial charge in [-0.25, -0.2) is 0 Å². The second-order valence-corrected chi connectivity index (χ2v) is 4.13. The van der Waals surface area contributed by atoms with Crippen LogP contribution in [0.2, 0.25) is 0 Å². The van der Waals surface area contributed by atoms with Crippen LogP contribution in [0.3, 0.4) is 0 Å². The number of aliphatic hydroxyl groups is 2. The molecule has 6 heteroatoms. The highest BCUT2D eigenvalue weighted by Crippen LogP contribution is 2.32. The molecule has 2 N–H and O–H groups in total. The molecular formula is C11H13F3O2S. The summed E-state index contributed by atoms with van der Waals surface area (Å²) in [7, 11) is 0. The molecule has 0 saturated carbocycles. The fourth-order valence-corrected chi connectivity index (χ4v) is 1.64. The predicted molar refractivity (Wildman–Crippen MR) is 61.0 cm³/mol. The van der Waals surface area contributed by atoms with Crippen molar-refractivity contribution in [3.05, 3.63) is 34.9 Å². The molecule has 2 atom stereocenters. The number of rotatable bonds is 3. The van der Waals surface area contributed by atoms with Crippen LogP contribution in [0.4, 0.5) is 13.2 Å². The first-order valence-electron chi connectivity index (χ1n) is 4.92. The Morgan fingerprint density at radius 1 is 1.29 bits per heavy atom. The van der Waals surface area contributed by atoms with Crippen molar-refractivity contribution in [2.24, 2.45) is 0 Å². The maximum atomic E-state index is 12.5. The summed E-state index contributed by atoms with van der Waals surface area (Å²) in [5.41, 5.74) is -0.281. The first-order valence-corrected chi connectivity index (χ1v) is 5.55. The highest BCUT2D eigenvalue weighted by atomic mass is 32.1. The van der Waals surface area contributed by atoms with Gasteiger partial charge in [0.05, 0.1) is 11.7 Å². The van der Waals surface area contributed by atoms with Crippen molar-refractivity contribution in [1.82, 2.24) is 0 Å². The van der Waals surface area contributed by atoms with Gasteiger partial charge in [-0.05, 0) is 30.2 Å². The Hall–Kier alpha value is -0.720. The van der Waals surface area contributed by atoms with Gasteiger partial charge in [-0.2, -0.15) is 25.8 Å². The smallest absolute Gasteiger partial charge is 0.389 e. The molecule has 0 radical (unpaired) electrons. The molecule has 96 valence electrons. The molecule has 0 aliphatic rings. The van der Waals surface area contributed by atoms with Gasteiger partial charge in [0.15, 0.2) is 0 Å². The number of hydrogen-bond donors (Lipinski definition) is 3. The van der Waals surface area contributed by atoms with E-state index in [1.807, 2.05) is 0 Å². The molecule has 0 bridgehead atoms. The molecule has 1 rings (SSSR count). The summed E-state index contributed by atoms with van der Waals surface area (Å²) in [5, 5.41) is 19.1. The van der Waals surface area contributed by atoms with Crippen LogP contribution in [0.25, 0.3) is 0 Å². The third-order valence-electron chi connectivity index (χ3n) is 2.48. The van der Waals surface area contributed by atoms with Crippen LogP contribution in [0.1, 0.15) is 22.8 Å². The average molecular weight is 266 g/mol. The topological polar surface area (TPSA) is 40.5 Å². The minimum absolute atomic E-state index is 0.0309. The molecule has 2 nitrogen and oxygen atoms in total. The SMILES string of the molecule is Cc1ccc(C(F)(F)F)cc1C(O)C(O)CS. The molecule has 0 aliphatic carbocycles. The zero-order valence-electron chi connectivity index (χ0n) is 9.07. The molecular weight excluding hydrogens is 253 g/mol. The fraction of sp³-hybridized carbons (Fsp3) is 0.455. The summed E-state index contributed by atoms with van der Waals surface area (Å²) in [6.45, 7) is 1.57. The van der Waals surface area contributed by atoms with E-state index in [4.69, 9.17) is 0 Å². The Labute approximate surface area is 102 Å². The van der Waals surface area contributed by atoms with Gasteiger partial charge in [-0.3, -0.25) is 0 Å². The summed E-state index contributed by atoms with van der Waals surface area (Å²) >= 11 is 3.79. The van der Waals surface area contributed by atoms with Gasteiger partial charge in [0, 0.05) is 5.75 Å². The molecule has 2 unspecified atom stereocenters. The monoisotopic (exact) mass is 266 g/mol. The van der Waals surface area contributed by atoms with Crippen molar-refractivity contribution in [2.75, 3.05) is 5.75 Å². The largest absolute Gasteiger partial charge is 0.416 e. The number of alkyl halides is 3. The normalized spacial score (nSPS) is 15.7. The van der Waals surface area contributed by atoms with E-state index in [1.165, 1.54) is 6.07 Å². The van der Waals surface area contributed by atoms with Gasteiger partial charge in [0.25, 0.3) is 0 Å². The molecule has 1 aromatic rings. The van der Waals surface area contributed by atoms with Crippen molar-refractivity contribution in [1.29, 1.82) is 0 Å². The Morgan fingerprint density at radius 2 is 1.88 bits per heavy atom. The molecule has 0 aromatic heterocycles. The Morgan fingerprint density at radius 3 is 2.35 bits per heavy atom. The van der Waals surface area contributed by atoms with E-state index in [-0.39, 0.29) is 11.3 Å². The number of halogens is 3. The predicted octanol–water partition coefficient (Wildman–Crippen LogP) is 2.34. The Balaban J connectivity index is 3.15. The van der Waals surface area contributed by atoms with Crippen LogP contribution >= 0.6 is 12.6 Å². The van der Waals surface area contributed by atoms with E-state index in [0.717, 1.165) is 12.1 Å². The van der Waals surface area contributed by atoms with E-state index in [2.05, 4.69) is 12.6 Å². The molecule has 1 aromatic carbocycles. The molecule has 0 spiro atoms. The van der Waals surface area contributed by atoms with Gasteiger partial charge in [-0.1, -0.05) is 6.07 Å². The Bertz CT molecular complexity index is 393. The molecule has 0 fully saturated rings. The lowest BCUT2D eigenvalue weighted by molar-refractivity contribution is -0.137. The van der Waals surface area contributed by atoms with Crippen LogP contribution < -0.4 is 0 Å². The van der Waals surface area contributed by atoms with Gasteiger partial charge in [0.2, 0.25) is 0 Å². The van der Waals surface area contributed by atoms with E-state index < -0.39 is 23.9 Å². The van der Waals surface area contributed by atoms with Gasteiger partial charge in [-0.15, -0.1) is 0 Å². The molecule has 0 saturated heterocycles. The second kappa shape index (κ2) is 5.29. The standard InChI is InChI=1S/C11H13F3O2S/c1-6-2-3-7(11(12,13)14)4-8(6)10(16)9(15)5-17/h2-4,9-10,15-17H,5H2,1H3.